The van der Waals surface area contributed by atoms with Crippen molar-refractivity contribution in [1.82, 2.24) is 5.43 Å². The lowest BCUT2D eigenvalue weighted by Gasteiger charge is -2.27. The van der Waals surface area contributed by atoms with Crippen LogP contribution in [0.15, 0.2) is 102 Å². The highest BCUT2D eigenvalue weighted by atomic mass is 16.6. The number of nitro groups is 2. The lowest BCUT2D eigenvalue weighted by molar-refractivity contribution is -0.394. The minimum atomic E-state index is -2.01. The SMILES string of the molecule is COc1cc(/C=N\NC(=O)C(O)(c2ccccc2)c2ccccc2)ccc1Oc1ccc([N+](=O)[O-])cc1[N+](=O)[O-]. The molecule has 202 valence electrons. The van der Waals surface area contributed by atoms with E-state index < -0.39 is 32.7 Å². The van der Waals surface area contributed by atoms with Gasteiger partial charge in [-0.1, -0.05) is 60.7 Å². The lowest BCUT2D eigenvalue weighted by atomic mass is 9.85. The Bertz CT molecular complexity index is 1540. The highest BCUT2D eigenvalue weighted by Gasteiger charge is 2.39. The second-order valence-corrected chi connectivity index (χ2v) is 8.32. The molecule has 12 nitrogen and oxygen atoms in total. The number of nitrogens with zero attached hydrogens (tertiary/aromatic N) is 3. The average molecular weight is 543 g/mol. The highest BCUT2D eigenvalue weighted by molar-refractivity contribution is 5.91. The predicted molar refractivity (Wildman–Crippen MR) is 144 cm³/mol. The molecule has 0 aromatic heterocycles. The Morgan fingerprint density at radius 2 is 1.45 bits per heavy atom. The van der Waals surface area contributed by atoms with E-state index in [1.165, 1.54) is 25.5 Å². The Kier molecular flexibility index (Phi) is 8.11. The molecular formula is C28H22N4O8. The van der Waals surface area contributed by atoms with E-state index in [0.29, 0.717) is 16.7 Å². The van der Waals surface area contributed by atoms with Crippen LogP contribution >= 0.6 is 0 Å². The zero-order chi connectivity index (χ0) is 28.7. The number of hydrogen-bond acceptors (Lipinski definition) is 9. The number of carbonyl (C=O) groups is 1. The Morgan fingerprint density at radius 3 is 2.00 bits per heavy atom. The van der Waals surface area contributed by atoms with Crippen molar-refractivity contribution in [2.45, 2.75) is 5.60 Å². The maximum atomic E-state index is 13.2. The summed E-state index contributed by atoms with van der Waals surface area (Å²) < 4.78 is 11.0. The fraction of sp³-hybridized carbons (Fsp3) is 0.0714. The fourth-order valence-corrected chi connectivity index (χ4v) is 3.85. The van der Waals surface area contributed by atoms with Crippen LogP contribution in [0.4, 0.5) is 11.4 Å². The van der Waals surface area contributed by atoms with Crippen molar-refractivity contribution >= 4 is 23.5 Å². The van der Waals surface area contributed by atoms with Crippen LogP contribution in [0.2, 0.25) is 0 Å². The predicted octanol–water partition coefficient (Wildman–Crippen LogP) is 4.69. The Labute approximate surface area is 227 Å². The third kappa shape index (κ3) is 5.76. The van der Waals surface area contributed by atoms with Gasteiger partial charge in [0, 0.05) is 6.07 Å². The normalized spacial score (nSPS) is 11.2. The van der Waals surface area contributed by atoms with Crippen molar-refractivity contribution in [2.24, 2.45) is 5.10 Å². The number of carbonyl (C=O) groups excluding carboxylic acids is 1. The number of nitro benzene ring substituents is 2. The standard InChI is InChI=1S/C28H22N4O8/c1-39-26-16-19(12-14-25(26)40-24-15-13-22(31(35)36)17-23(24)32(37)38)18-29-30-27(33)28(34,20-8-4-2-5-9-20)21-10-6-3-7-11-21/h2-18,34H,1H3,(H,30,33)/b29-18-. The van der Waals surface area contributed by atoms with Gasteiger partial charge in [-0.2, -0.15) is 5.10 Å². The van der Waals surface area contributed by atoms with Crippen LogP contribution in [0.1, 0.15) is 16.7 Å². The van der Waals surface area contributed by atoms with Gasteiger partial charge in [0.25, 0.3) is 11.6 Å². The topological polar surface area (TPSA) is 166 Å². The van der Waals surface area contributed by atoms with E-state index in [2.05, 4.69) is 10.5 Å². The van der Waals surface area contributed by atoms with Gasteiger partial charge in [0.2, 0.25) is 5.75 Å². The van der Waals surface area contributed by atoms with Crippen LogP contribution in [0.25, 0.3) is 0 Å². The van der Waals surface area contributed by atoms with Crippen molar-refractivity contribution in [3.05, 3.63) is 134 Å². The quantitative estimate of drug-likeness (QED) is 0.165. The molecule has 0 spiro atoms. The molecule has 12 heteroatoms. The van der Waals surface area contributed by atoms with E-state index >= 15 is 0 Å². The van der Waals surface area contributed by atoms with Crippen LogP contribution in [0, 0.1) is 20.2 Å². The molecule has 0 aliphatic carbocycles. The minimum absolute atomic E-state index is 0.100. The smallest absolute Gasteiger partial charge is 0.318 e. The molecule has 4 rings (SSSR count). The van der Waals surface area contributed by atoms with Gasteiger partial charge < -0.3 is 14.6 Å². The third-order valence-corrected chi connectivity index (χ3v) is 5.85. The molecule has 0 radical (unpaired) electrons. The van der Waals surface area contributed by atoms with Crippen LogP contribution < -0.4 is 14.9 Å². The molecule has 0 aliphatic heterocycles. The number of amides is 1. The molecular weight excluding hydrogens is 520 g/mol. The molecule has 40 heavy (non-hydrogen) atoms. The summed E-state index contributed by atoms with van der Waals surface area (Å²) >= 11 is 0. The lowest BCUT2D eigenvalue weighted by Crippen LogP contribution is -2.43. The van der Waals surface area contributed by atoms with E-state index in [0.717, 1.165) is 18.2 Å². The summed E-state index contributed by atoms with van der Waals surface area (Å²) in [5.74, 6) is -0.724. The zero-order valence-electron chi connectivity index (χ0n) is 21.0. The molecule has 0 heterocycles. The number of methoxy groups -OCH3 is 1. The van der Waals surface area contributed by atoms with E-state index in [4.69, 9.17) is 9.47 Å². The number of benzene rings is 4. The maximum absolute atomic E-state index is 13.2. The van der Waals surface area contributed by atoms with Gasteiger partial charge in [-0.05, 0) is 41.0 Å². The van der Waals surface area contributed by atoms with Crippen LogP contribution in [0.5, 0.6) is 17.2 Å². The molecule has 1 amide bonds. The summed E-state index contributed by atoms with van der Waals surface area (Å²) in [7, 11) is 1.36. The highest BCUT2D eigenvalue weighted by Crippen LogP contribution is 2.38. The molecule has 4 aromatic rings. The van der Waals surface area contributed by atoms with Gasteiger partial charge in [-0.15, -0.1) is 0 Å². The number of hydrogen-bond donors (Lipinski definition) is 2. The average Bonchev–Trinajstić information content (AvgIpc) is 2.98. The first-order chi connectivity index (χ1) is 19.2. The second-order valence-electron chi connectivity index (χ2n) is 8.32. The van der Waals surface area contributed by atoms with E-state index in [1.807, 2.05) is 0 Å². The molecule has 0 aliphatic rings. The third-order valence-electron chi connectivity index (χ3n) is 5.85. The number of ether oxygens (including phenoxy) is 2. The first-order valence-corrected chi connectivity index (χ1v) is 11.7. The van der Waals surface area contributed by atoms with Crippen LogP contribution in [-0.2, 0) is 10.4 Å². The van der Waals surface area contributed by atoms with Crippen molar-refractivity contribution in [3.63, 3.8) is 0 Å². The van der Waals surface area contributed by atoms with Gasteiger partial charge >= 0.3 is 5.69 Å². The number of rotatable bonds is 10. The molecule has 0 bridgehead atoms. The summed E-state index contributed by atoms with van der Waals surface area (Å²) in [4.78, 5) is 34.0. The van der Waals surface area contributed by atoms with E-state index in [1.54, 1.807) is 66.7 Å². The summed E-state index contributed by atoms with van der Waals surface area (Å²) in [6.45, 7) is 0. The molecule has 0 atom stereocenters. The van der Waals surface area contributed by atoms with Gasteiger partial charge in [0.15, 0.2) is 17.1 Å². The molecule has 0 unspecified atom stereocenters. The van der Waals surface area contributed by atoms with Gasteiger partial charge in [-0.3, -0.25) is 25.0 Å². The van der Waals surface area contributed by atoms with Crippen molar-refractivity contribution in [1.29, 1.82) is 0 Å². The zero-order valence-corrected chi connectivity index (χ0v) is 21.0. The summed E-state index contributed by atoms with van der Waals surface area (Å²) in [5.41, 5.74) is 0.507. The Morgan fingerprint density at radius 1 is 0.850 bits per heavy atom. The van der Waals surface area contributed by atoms with Gasteiger partial charge in [-0.25, -0.2) is 5.43 Å². The number of hydrazone groups is 1. The number of non-ortho nitro benzene ring substituents is 1. The summed E-state index contributed by atoms with van der Waals surface area (Å²) in [6, 6.07) is 24.4. The molecule has 0 saturated heterocycles. The monoisotopic (exact) mass is 542 g/mol. The van der Waals surface area contributed by atoms with Crippen molar-refractivity contribution in [2.75, 3.05) is 7.11 Å². The molecule has 2 N–H and O–H groups in total. The Hall–Kier alpha value is -5.62. The van der Waals surface area contributed by atoms with Gasteiger partial charge in [0.1, 0.15) is 0 Å². The molecule has 0 saturated carbocycles. The first-order valence-electron chi connectivity index (χ1n) is 11.7. The summed E-state index contributed by atoms with van der Waals surface area (Å²) in [6.07, 6.45) is 1.31. The minimum Gasteiger partial charge on any atom is -0.493 e. The summed E-state index contributed by atoms with van der Waals surface area (Å²) in [5, 5.41) is 37.9. The maximum Gasteiger partial charge on any atom is 0.318 e. The largest absolute Gasteiger partial charge is 0.493 e. The van der Waals surface area contributed by atoms with Crippen molar-refractivity contribution in [3.8, 4) is 17.2 Å². The number of aliphatic hydroxyl groups is 1. The van der Waals surface area contributed by atoms with E-state index in [-0.39, 0.29) is 17.2 Å². The molecule has 0 fully saturated rings. The van der Waals surface area contributed by atoms with Crippen molar-refractivity contribution < 1.29 is 29.2 Å². The van der Waals surface area contributed by atoms with E-state index in [9.17, 15) is 30.1 Å². The van der Waals surface area contributed by atoms with Crippen LogP contribution in [0.3, 0.4) is 0 Å². The second kappa shape index (κ2) is 11.8. The first kappa shape index (κ1) is 27.4. The Balaban J connectivity index is 1.55. The number of nitrogens with one attached hydrogen (secondary N) is 1. The van der Waals surface area contributed by atoms with Crippen LogP contribution in [-0.4, -0.2) is 34.2 Å². The fourth-order valence-electron chi connectivity index (χ4n) is 3.85. The molecule has 4 aromatic carbocycles. The van der Waals surface area contributed by atoms with Gasteiger partial charge in [0.05, 0.1) is 29.2 Å².